The van der Waals surface area contributed by atoms with E-state index >= 15 is 0 Å². The number of rotatable bonds is 9. The monoisotopic (exact) mass is 448 g/mol. The molecule has 9 heteroatoms. The highest BCUT2D eigenvalue weighted by Crippen LogP contribution is 2.25. The molecule has 164 valence electrons. The number of anilines is 1. The van der Waals surface area contributed by atoms with Crippen LogP contribution in [0.3, 0.4) is 0 Å². The quantitative estimate of drug-likeness (QED) is 0.392. The predicted molar refractivity (Wildman–Crippen MR) is 124 cm³/mol. The lowest BCUT2D eigenvalue weighted by atomic mass is 10.2. The third-order valence-electron chi connectivity index (χ3n) is 4.73. The smallest absolute Gasteiger partial charge is 0.230 e. The van der Waals surface area contributed by atoms with E-state index in [-0.39, 0.29) is 11.7 Å². The Kier molecular flexibility index (Phi) is 6.86. The molecule has 0 saturated carbocycles. The normalized spacial score (nSPS) is 10.8. The minimum atomic E-state index is -0.0829. The summed E-state index contributed by atoms with van der Waals surface area (Å²) in [5, 5.41) is 12.2. The van der Waals surface area contributed by atoms with Crippen LogP contribution >= 0.6 is 11.8 Å². The van der Waals surface area contributed by atoms with Crippen molar-refractivity contribution >= 4 is 23.5 Å². The fourth-order valence-corrected chi connectivity index (χ4v) is 3.83. The molecule has 4 aromatic rings. The van der Waals surface area contributed by atoms with Crippen LogP contribution in [0.2, 0.25) is 0 Å². The summed E-state index contributed by atoms with van der Waals surface area (Å²) in [4.78, 5) is 18.7. The Labute approximate surface area is 190 Å². The second-order valence-electron chi connectivity index (χ2n) is 7.34. The molecule has 0 aliphatic carbocycles. The number of thioether (sulfide) groups is 1. The van der Waals surface area contributed by atoms with Crippen LogP contribution in [0.1, 0.15) is 11.1 Å². The molecule has 8 nitrogen and oxygen atoms in total. The van der Waals surface area contributed by atoms with Gasteiger partial charge in [0, 0.05) is 26.8 Å². The molecular formula is C23H24N6O2S. The lowest BCUT2D eigenvalue weighted by molar-refractivity contribution is -0.118. The third kappa shape index (κ3) is 5.36. The van der Waals surface area contributed by atoms with Crippen LogP contribution in [0.25, 0.3) is 11.6 Å². The third-order valence-corrected chi connectivity index (χ3v) is 5.70. The van der Waals surface area contributed by atoms with E-state index in [1.165, 1.54) is 11.8 Å². The van der Waals surface area contributed by atoms with E-state index in [2.05, 4.69) is 20.5 Å². The highest BCUT2D eigenvalue weighted by Gasteiger charge is 2.17. The number of hydrogen-bond donors (Lipinski definition) is 1. The second-order valence-corrected chi connectivity index (χ2v) is 8.28. The van der Waals surface area contributed by atoms with Gasteiger partial charge in [-0.1, -0.05) is 48.2 Å². The Balaban J connectivity index is 1.40. The second kappa shape index (κ2) is 10.1. The van der Waals surface area contributed by atoms with Gasteiger partial charge >= 0.3 is 0 Å². The first-order valence-electron chi connectivity index (χ1n) is 10.1. The van der Waals surface area contributed by atoms with E-state index < -0.39 is 0 Å². The molecule has 0 radical (unpaired) electrons. The maximum Gasteiger partial charge on any atom is 0.230 e. The topological polar surface area (TPSA) is 89.1 Å². The van der Waals surface area contributed by atoms with Crippen LogP contribution in [-0.4, -0.2) is 45.5 Å². The van der Waals surface area contributed by atoms with Crippen molar-refractivity contribution in [3.63, 3.8) is 0 Å². The van der Waals surface area contributed by atoms with E-state index in [1.807, 2.05) is 78.2 Å². The van der Waals surface area contributed by atoms with Gasteiger partial charge in [0.15, 0.2) is 10.9 Å². The van der Waals surface area contributed by atoms with Crippen molar-refractivity contribution in [1.29, 1.82) is 0 Å². The Bertz CT molecular complexity index is 1140. The first kappa shape index (κ1) is 21.6. The van der Waals surface area contributed by atoms with Gasteiger partial charge in [-0.25, -0.2) is 4.98 Å². The summed E-state index contributed by atoms with van der Waals surface area (Å²) in [6, 6.07) is 17.6. The molecule has 0 bridgehead atoms. The number of nitrogens with one attached hydrogen (secondary N) is 1. The summed E-state index contributed by atoms with van der Waals surface area (Å²) in [5.74, 6) is 2.29. The number of furan rings is 1. The van der Waals surface area contributed by atoms with Crippen molar-refractivity contribution in [2.24, 2.45) is 0 Å². The lowest BCUT2D eigenvalue weighted by Crippen LogP contribution is -2.25. The Morgan fingerprint density at radius 1 is 1.06 bits per heavy atom. The summed E-state index contributed by atoms with van der Waals surface area (Å²) < 4.78 is 7.49. The Hall–Kier alpha value is -3.59. The minimum Gasteiger partial charge on any atom is -0.461 e. The molecule has 4 rings (SSSR count). The number of nitrogens with zero attached hydrogens (tertiary/aromatic N) is 5. The average molecular weight is 449 g/mol. The number of carbonyl (C=O) groups is 1. The lowest BCUT2D eigenvalue weighted by Gasteiger charge is -2.11. The maximum atomic E-state index is 12.4. The van der Waals surface area contributed by atoms with E-state index in [4.69, 9.17) is 4.42 Å². The number of aromatic nitrogens is 4. The van der Waals surface area contributed by atoms with Gasteiger partial charge in [-0.3, -0.25) is 9.36 Å². The van der Waals surface area contributed by atoms with Gasteiger partial charge < -0.3 is 14.6 Å². The van der Waals surface area contributed by atoms with Crippen molar-refractivity contribution in [3.05, 3.63) is 78.2 Å². The van der Waals surface area contributed by atoms with Crippen LogP contribution in [0.5, 0.6) is 0 Å². The molecule has 1 N–H and O–H groups in total. The molecule has 32 heavy (non-hydrogen) atoms. The first-order chi connectivity index (χ1) is 15.6. The maximum absolute atomic E-state index is 12.4. The van der Waals surface area contributed by atoms with Crippen molar-refractivity contribution in [1.82, 2.24) is 25.1 Å². The number of benzene rings is 1. The molecule has 0 saturated heterocycles. The molecule has 3 heterocycles. The Morgan fingerprint density at radius 3 is 2.59 bits per heavy atom. The zero-order valence-electron chi connectivity index (χ0n) is 17.9. The van der Waals surface area contributed by atoms with E-state index in [0.29, 0.717) is 29.8 Å². The zero-order chi connectivity index (χ0) is 22.3. The van der Waals surface area contributed by atoms with Gasteiger partial charge in [-0.2, -0.15) is 0 Å². The van der Waals surface area contributed by atoms with Gasteiger partial charge in [0.25, 0.3) is 0 Å². The average Bonchev–Trinajstić information content (AvgIpc) is 3.47. The van der Waals surface area contributed by atoms with Crippen molar-refractivity contribution in [3.8, 4) is 11.6 Å². The first-order valence-corrected chi connectivity index (χ1v) is 11.1. The molecule has 0 aliphatic rings. The predicted octanol–water partition coefficient (Wildman–Crippen LogP) is 3.46. The summed E-state index contributed by atoms with van der Waals surface area (Å²) in [7, 11) is 3.88. The van der Waals surface area contributed by atoms with Crippen molar-refractivity contribution < 1.29 is 9.21 Å². The summed E-state index contributed by atoms with van der Waals surface area (Å²) in [5.41, 5.74) is 2.06. The molecule has 0 unspecified atom stereocenters. The van der Waals surface area contributed by atoms with Crippen LogP contribution in [0.15, 0.2) is 76.6 Å². The zero-order valence-corrected chi connectivity index (χ0v) is 18.7. The minimum absolute atomic E-state index is 0.0829. The highest BCUT2D eigenvalue weighted by molar-refractivity contribution is 7.99. The summed E-state index contributed by atoms with van der Waals surface area (Å²) in [6.45, 7) is 1.01. The fraction of sp³-hybridized carbons (Fsp3) is 0.217. The van der Waals surface area contributed by atoms with Crippen LogP contribution in [0, 0.1) is 0 Å². The summed E-state index contributed by atoms with van der Waals surface area (Å²) in [6.07, 6.45) is 3.38. The molecular weight excluding hydrogens is 424 g/mol. The van der Waals surface area contributed by atoms with Gasteiger partial charge in [0.05, 0.1) is 18.6 Å². The number of carbonyl (C=O) groups excluding carboxylic acids is 1. The van der Waals surface area contributed by atoms with Crippen LogP contribution < -0.4 is 10.2 Å². The SMILES string of the molecule is CN(C)c1ccc(CNC(=O)CSc2nnc(-c3ccco3)n2Cc2ccccc2)cn1. The summed E-state index contributed by atoms with van der Waals surface area (Å²) >= 11 is 1.35. The molecule has 0 aliphatic heterocycles. The molecule has 1 amide bonds. The molecule has 1 aromatic carbocycles. The van der Waals surface area contributed by atoms with Gasteiger partial charge in [-0.05, 0) is 29.3 Å². The van der Waals surface area contributed by atoms with E-state index in [1.54, 1.807) is 12.5 Å². The van der Waals surface area contributed by atoms with Crippen molar-refractivity contribution in [2.75, 3.05) is 24.7 Å². The van der Waals surface area contributed by atoms with Gasteiger partial charge in [0.2, 0.25) is 11.7 Å². The van der Waals surface area contributed by atoms with Crippen LogP contribution in [-0.2, 0) is 17.9 Å². The van der Waals surface area contributed by atoms with Crippen LogP contribution in [0.4, 0.5) is 5.82 Å². The van der Waals surface area contributed by atoms with Gasteiger partial charge in [0.1, 0.15) is 5.82 Å². The van der Waals surface area contributed by atoms with Gasteiger partial charge in [-0.15, -0.1) is 10.2 Å². The molecule has 0 atom stereocenters. The highest BCUT2D eigenvalue weighted by atomic mass is 32.2. The number of pyridine rings is 1. The number of hydrogen-bond acceptors (Lipinski definition) is 7. The molecule has 0 spiro atoms. The Morgan fingerprint density at radius 2 is 1.91 bits per heavy atom. The van der Waals surface area contributed by atoms with E-state index in [9.17, 15) is 4.79 Å². The molecule has 0 fully saturated rings. The number of amides is 1. The molecule has 3 aromatic heterocycles. The standard InChI is InChI=1S/C23H24N6O2S/c1-28(2)20-11-10-18(13-24-20)14-25-21(30)16-32-23-27-26-22(19-9-6-12-31-19)29(23)15-17-7-4-3-5-8-17/h3-13H,14-16H2,1-2H3,(H,25,30). The fourth-order valence-electron chi connectivity index (χ4n) is 3.06. The van der Waals surface area contributed by atoms with E-state index in [0.717, 1.165) is 16.9 Å². The largest absolute Gasteiger partial charge is 0.461 e. The van der Waals surface area contributed by atoms with Crippen molar-refractivity contribution in [2.45, 2.75) is 18.2 Å².